The summed E-state index contributed by atoms with van der Waals surface area (Å²) >= 11 is 9.15. The van der Waals surface area contributed by atoms with Crippen molar-refractivity contribution >= 4 is 46.8 Å². The molecule has 0 spiro atoms. The second-order valence-corrected chi connectivity index (χ2v) is 7.98. The van der Waals surface area contributed by atoms with Crippen LogP contribution in [-0.4, -0.2) is 17.1 Å². The zero-order valence-corrected chi connectivity index (χ0v) is 16.4. The molecule has 1 aromatic heterocycles. The topological polar surface area (TPSA) is 54.4 Å². The van der Waals surface area contributed by atoms with Crippen LogP contribution in [0.2, 0.25) is 5.02 Å². The van der Waals surface area contributed by atoms with E-state index in [4.69, 9.17) is 11.6 Å². The maximum Gasteiger partial charge on any atom is 0.271 e. The van der Waals surface area contributed by atoms with Crippen molar-refractivity contribution in [3.63, 3.8) is 0 Å². The van der Waals surface area contributed by atoms with Gasteiger partial charge in [-0.3, -0.25) is 4.79 Å². The first-order chi connectivity index (χ1) is 12.6. The smallest absolute Gasteiger partial charge is 0.267 e. The van der Waals surface area contributed by atoms with Gasteiger partial charge in [0.05, 0.1) is 16.9 Å². The van der Waals surface area contributed by atoms with Gasteiger partial charge in [-0.25, -0.2) is 10.4 Å². The molecule has 0 saturated carbocycles. The van der Waals surface area contributed by atoms with E-state index in [0.29, 0.717) is 5.56 Å². The van der Waals surface area contributed by atoms with Crippen LogP contribution in [0.25, 0.3) is 0 Å². The van der Waals surface area contributed by atoms with E-state index in [1.54, 1.807) is 41.4 Å². The number of amides is 1. The summed E-state index contributed by atoms with van der Waals surface area (Å²) in [5.41, 5.74) is 4.96. The SMILES string of the molecule is Cc1nc(/C=N/NC(=O)c2ccc(CSc3ccc(Cl)cc3)cc2)cs1. The number of nitrogens with one attached hydrogen (secondary N) is 1. The summed E-state index contributed by atoms with van der Waals surface area (Å²) in [6.07, 6.45) is 1.54. The number of aromatic nitrogens is 1. The number of carbonyl (C=O) groups is 1. The van der Waals surface area contributed by atoms with Crippen molar-refractivity contribution in [1.29, 1.82) is 0 Å². The molecule has 0 fully saturated rings. The summed E-state index contributed by atoms with van der Waals surface area (Å²) in [7, 11) is 0. The van der Waals surface area contributed by atoms with Crippen molar-refractivity contribution in [2.45, 2.75) is 17.6 Å². The van der Waals surface area contributed by atoms with Gasteiger partial charge in [-0.2, -0.15) is 5.10 Å². The summed E-state index contributed by atoms with van der Waals surface area (Å²) in [6, 6.07) is 15.3. The fourth-order valence-corrected chi connectivity index (χ4v) is 3.65. The maximum absolute atomic E-state index is 12.1. The molecular weight excluding hydrogens is 386 g/mol. The molecule has 0 saturated heterocycles. The zero-order valence-electron chi connectivity index (χ0n) is 14.0. The Morgan fingerprint density at radius 3 is 2.62 bits per heavy atom. The largest absolute Gasteiger partial charge is 0.271 e. The zero-order chi connectivity index (χ0) is 18.4. The minimum atomic E-state index is -0.245. The number of thiazole rings is 1. The Labute approximate surface area is 165 Å². The second-order valence-electron chi connectivity index (χ2n) is 5.43. The molecule has 0 aliphatic heterocycles. The van der Waals surface area contributed by atoms with Gasteiger partial charge in [-0.15, -0.1) is 23.1 Å². The van der Waals surface area contributed by atoms with E-state index in [-0.39, 0.29) is 5.91 Å². The van der Waals surface area contributed by atoms with Crippen molar-refractivity contribution in [3.05, 3.63) is 80.8 Å². The molecule has 1 heterocycles. The average Bonchev–Trinajstić information content (AvgIpc) is 3.07. The van der Waals surface area contributed by atoms with Gasteiger partial charge < -0.3 is 0 Å². The van der Waals surface area contributed by atoms with Gasteiger partial charge in [0.25, 0.3) is 5.91 Å². The van der Waals surface area contributed by atoms with Crippen LogP contribution in [0, 0.1) is 6.92 Å². The summed E-state index contributed by atoms with van der Waals surface area (Å²) in [4.78, 5) is 17.5. The third-order valence-electron chi connectivity index (χ3n) is 3.43. The minimum Gasteiger partial charge on any atom is -0.267 e. The van der Waals surface area contributed by atoms with Crippen molar-refractivity contribution in [3.8, 4) is 0 Å². The molecule has 1 N–H and O–H groups in total. The van der Waals surface area contributed by atoms with Crippen molar-refractivity contribution in [1.82, 2.24) is 10.4 Å². The van der Waals surface area contributed by atoms with Gasteiger partial charge in [0.1, 0.15) is 0 Å². The Morgan fingerprint density at radius 1 is 1.23 bits per heavy atom. The number of hydrogen-bond acceptors (Lipinski definition) is 5. The summed E-state index contributed by atoms with van der Waals surface area (Å²) in [5, 5.41) is 7.52. The lowest BCUT2D eigenvalue weighted by molar-refractivity contribution is 0.0955. The third-order valence-corrected chi connectivity index (χ3v) is 5.56. The Hall–Kier alpha value is -2.15. The number of hydrazone groups is 1. The van der Waals surface area contributed by atoms with Crippen LogP contribution < -0.4 is 5.43 Å². The van der Waals surface area contributed by atoms with Gasteiger partial charge in [-0.1, -0.05) is 23.7 Å². The van der Waals surface area contributed by atoms with E-state index in [1.165, 1.54) is 0 Å². The molecule has 0 aliphatic rings. The molecule has 26 heavy (non-hydrogen) atoms. The van der Waals surface area contributed by atoms with Gasteiger partial charge in [0.15, 0.2) is 0 Å². The highest BCUT2D eigenvalue weighted by molar-refractivity contribution is 7.98. The molecule has 3 rings (SSSR count). The number of nitrogens with zero attached hydrogens (tertiary/aromatic N) is 2. The van der Waals surface area contributed by atoms with Crippen molar-refractivity contribution in [2.75, 3.05) is 0 Å². The highest BCUT2D eigenvalue weighted by atomic mass is 35.5. The van der Waals surface area contributed by atoms with Crippen LogP contribution in [0.15, 0.2) is 63.9 Å². The number of aryl methyl sites for hydroxylation is 1. The molecule has 0 bridgehead atoms. The molecule has 0 aliphatic carbocycles. The fraction of sp³-hybridized carbons (Fsp3) is 0.105. The van der Waals surface area contributed by atoms with Crippen LogP contribution in [0.4, 0.5) is 0 Å². The van der Waals surface area contributed by atoms with Crippen molar-refractivity contribution in [2.24, 2.45) is 5.10 Å². The van der Waals surface area contributed by atoms with Crippen LogP contribution in [0.3, 0.4) is 0 Å². The highest BCUT2D eigenvalue weighted by Crippen LogP contribution is 2.24. The molecule has 0 atom stereocenters. The van der Waals surface area contributed by atoms with Crippen molar-refractivity contribution < 1.29 is 4.79 Å². The van der Waals surface area contributed by atoms with E-state index in [0.717, 1.165) is 31.9 Å². The number of hydrogen-bond donors (Lipinski definition) is 1. The minimum absolute atomic E-state index is 0.245. The predicted molar refractivity (Wildman–Crippen MR) is 109 cm³/mol. The van der Waals surface area contributed by atoms with Crippen LogP contribution in [0.1, 0.15) is 26.6 Å². The van der Waals surface area contributed by atoms with Gasteiger partial charge in [0, 0.05) is 26.6 Å². The fourth-order valence-electron chi connectivity index (χ4n) is 2.11. The molecule has 7 heteroatoms. The van der Waals surface area contributed by atoms with Gasteiger partial charge in [-0.05, 0) is 48.9 Å². The molecular formula is C19H16ClN3OS2. The quantitative estimate of drug-likeness (QED) is 0.352. The number of rotatable bonds is 6. The van der Waals surface area contributed by atoms with Crippen LogP contribution >= 0.6 is 34.7 Å². The molecule has 0 unspecified atom stereocenters. The molecule has 132 valence electrons. The van der Waals surface area contributed by atoms with E-state index >= 15 is 0 Å². The first-order valence-electron chi connectivity index (χ1n) is 7.83. The van der Waals surface area contributed by atoms with E-state index in [9.17, 15) is 4.79 Å². The molecule has 0 radical (unpaired) electrons. The molecule has 2 aromatic carbocycles. The first kappa shape index (κ1) is 18.6. The Morgan fingerprint density at radius 2 is 1.96 bits per heavy atom. The Kier molecular flexibility index (Phi) is 6.44. The Bertz CT molecular complexity index is 905. The van der Waals surface area contributed by atoms with E-state index in [2.05, 4.69) is 15.5 Å². The Balaban J connectivity index is 1.52. The lowest BCUT2D eigenvalue weighted by Gasteiger charge is -2.04. The lowest BCUT2D eigenvalue weighted by atomic mass is 10.1. The predicted octanol–water partition coefficient (Wildman–Crippen LogP) is 5.16. The highest BCUT2D eigenvalue weighted by Gasteiger charge is 2.04. The lowest BCUT2D eigenvalue weighted by Crippen LogP contribution is -2.17. The third kappa shape index (κ3) is 5.42. The van der Waals surface area contributed by atoms with Gasteiger partial charge in [0.2, 0.25) is 0 Å². The summed E-state index contributed by atoms with van der Waals surface area (Å²) < 4.78 is 0. The van der Waals surface area contributed by atoms with Gasteiger partial charge >= 0.3 is 0 Å². The normalized spacial score (nSPS) is 11.0. The molecule has 1 amide bonds. The standard InChI is InChI=1S/C19H16ClN3OS2/c1-13-22-17(12-25-13)10-21-23-19(24)15-4-2-14(3-5-15)11-26-18-8-6-16(20)7-9-18/h2-10,12H,11H2,1H3,(H,23,24)/b21-10+. The van der Waals surface area contributed by atoms with Crippen LogP contribution in [0.5, 0.6) is 0 Å². The summed E-state index contributed by atoms with van der Waals surface area (Å²) in [6.45, 7) is 1.92. The van der Waals surface area contributed by atoms with Crippen LogP contribution in [-0.2, 0) is 5.75 Å². The molecule has 4 nitrogen and oxygen atoms in total. The number of halogens is 1. The second kappa shape index (κ2) is 8.98. The average molecular weight is 402 g/mol. The number of thioether (sulfide) groups is 1. The number of benzene rings is 2. The maximum atomic E-state index is 12.1. The monoisotopic (exact) mass is 401 g/mol. The number of carbonyl (C=O) groups excluding carboxylic acids is 1. The van der Waals surface area contributed by atoms with E-state index < -0.39 is 0 Å². The summed E-state index contributed by atoms with van der Waals surface area (Å²) in [5.74, 6) is 0.579. The first-order valence-corrected chi connectivity index (χ1v) is 10.1. The van der Waals surface area contributed by atoms with E-state index in [1.807, 2.05) is 48.7 Å². The molecule has 3 aromatic rings.